The number of thioether (sulfide) groups is 1. The molecule has 6 heteroatoms. The molecule has 0 aliphatic carbocycles. The summed E-state index contributed by atoms with van der Waals surface area (Å²) in [5, 5.41) is 12.4. The minimum atomic E-state index is -0.106. The van der Waals surface area contributed by atoms with Crippen molar-refractivity contribution in [2.45, 2.75) is 18.2 Å². The summed E-state index contributed by atoms with van der Waals surface area (Å²) in [7, 11) is 0. The van der Waals surface area contributed by atoms with Crippen LogP contribution in [0.15, 0.2) is 83.8 Å². The van der Waals surface area contributed by atoms with Crippen molar-refractivity contribution in [1.29, 1.82) is 0 Å². The van der Waals surface area contributed by atoms with Gasteiger partial charge >= 0.3 is 0 Å². The molecule has 5 nitrogen and oxygen atoms in total. The second-order valence-corrected chi connectivity index (χ2v) is 8.99. The number of nitrogens with zero attached hydrogens (tertiary/aromatic N) is 1. The van der Waals surface area contributed by atoms with E-state index in [4.69, 9.17) is 0 Å². The van der Waals surface area contributed by atoms with Crippen molar-refractivity contribution in [2.75, 3.05) is 24.2 Å². The third kappa shape index (κ3) is 5.84. The van der Waals surface area contributed by atoms with E-state index in [9.17, 15) is 14.7 Å². The van der Waals surface area contributed by atoms with Gasteiger partial charge in [-0.1, -0.05) is 48.0 Å². The van der Waals surface area contributed by atoms with Gasteiger partial charge in [0.25, 0.3) is 5.91 Å². The number of hydrogen-bond donors (Lipinski definition) is 2. The second kappa shape index (κ2) is 10.4. The highest BCUT2D eigenvalue weighted by Crippen LogP contribution is 2.28. The maximum atomic E-state index is 13.2. The smallest absolute Gasteiger partial charge is 0.255 e. The number of hydrogen-bond acceptors (Lipinski definition) is 4. The molecule has 0 saturated heterocycles. The van der Waals surface area contributed by atoms with Crippen molar-refractivity contribution < 1.29 is 14.7 Å². The van der Waals surface area contributed by atoms with E-state index in [0.717, 1.165) is 28.1 Å². The van der Waals surface area contributed by atoms with Gasteiger partial charge in [0, 0.05) is 23.7 Å². The Balaban J connectivity index is 1.38. The monoisotopic (exact) mass is 458 g/mol. The number of aromatic hydroxyl groups is 1. The molecule has 0 spiro atoms. The number of anilines is 1. The molecule has 0 fully saturated rings. The van der Waals surface area contributed by atoms with Gasteiger partial charge in [-0.3, -0.25) is 9.59 Å². The fourth-order valence-electron chi connectivity index (χ4n) is 3.71. The van der Waals surface area contributed by atoms with Gasteiger partial charge in [-0.2, -0.15) is 0 Å². The van der Waals surface area contributed by atoms with Crippen molar-refractivity contribution >= 4 is 34.8 Å². The number of nitrogens with one attached hydrogen (secondary N) is 1. The Morgan fingerprint density at radius 1 is 1.00 bits per heavy atom. The molecule has 0 radical (unpaired) electrons. The zero-order valence-electron chi connectivity index (χ0n) is 18.5. The van der Waals surface area contributed by atoms with Crippen LogP contribution in [0.25, 0.3) is 5.57 Å². The predicted octanol–water partition coefficient (Wildman–Crippen LogP) is 5.36. The van der Waals surface area contributed by atoms with E-state index in [0.29, 0.717) is 18.7 Å². The fourth-order valence-corrected chi connectivity index (χ4v) is 4.55. The summed E-state index contributed by atoms with van der Waals surface area (Å²) in [6, 6.07) is 22.3. The van der Waals surface area contributed by atoms with Crippen LogP contribution in [0.3, 0.4) is 0 Å². The topological polar surface area (TPSA) is 69.6 Å². The van der Waals surface area contributed by atoms with Gasteiger partial charge in [0.2, 0.25) is 5.91 Å². The molecule has 3 aromatic carbocycles. The second-order valence-electron chi connectivity index (χ2n) is 7.98. The maximum absolute atomic E-state index is 13.2. The van der Waals surface area contributed by atoms with Crippen LogP contribution in [0.5, 0.6) is 5.75 Å². The highest BCUT2D eigenvalue weighted by atomic mass is 32.2. The van der Waals surface area contributed by atoms with Crippen LogP contribution in [-0.2, 0) is 4.79 Å². The highest BCUT2D eigenvalue weighted by Gasteiger charge is 2.22. The number of aryl methyl sites for hydroxylation is 1. The van der Waals surface area contributed by atoms with E-state index >= 15 is 0 Å². The van der Waals surface area contributed by atoms with Crippen molar-refractivity contribution in [1.82, 2.24) is 4.90 Å². The van der Waals surface area contributed by atoms with E-state index < -0.39 is 0 Å². The summed E-state index contributed by atoms with van der Waals surface area (Å²) < 4.78 is 0. The van der Waals surface area contributed by atoms with Crippen LogP contribution < -0.4 is 5.32 Å². The van der Waals surface area contributed by atoms with Gasteiger partial charge in [-0.25, -0.2) is 0 Å². The predicted molar refractivity (Wildman–Crippen MR) is 134 cm³/mol. The minimum absolute atomic E-state index is 0.0296. The Morgan fingerprint density at radius 3 is 2.42 bits per heavy atom. The Kier molecular flexibility index (Phi) is 7.15. The van der Waals surface area contributed by atoms with Crippen molar-refractivity contribution in [3.8, 4) is 5.75 Å². The van der Waals surface area contributed by atoms with Crippen LogP contribution >= 0.6 is 11.8 Å². The standard InChI is InChI=1S/C27H26N2O3S/c1-19-6-10-22(11-7-19)28-26(31)18-33-25-5-3-2-4-24(25)27(32)29-16-14-21(15-17-29)20-8-12-23(30)13-9-20/h2-14,30H,15-18H2,1H3,(H,28,31). The average molecular weight is 459 g/mol. The first-order valence-electron chi connectivity index (χ1n) is 10.9. The Hall–Kier alpha value is -3.51. The summed E-state index contributed by atoms with van der Waals surface area (Å²) in [5.74, 6) is 0.334. The number of carbonyl (C=O) groups excluding carboxylic acids is 2. The molecule has 1 aliphatic heterocycles. The van der Waals surface area contributed by atoms with Crippen LogP contribution in [-0.4, -0.2) is 40.7 Å². The average Bonchev–Trinajstić information content (AvgIpc) is 2.84. The lowest BCUT2D eigenvalue weighted by Crippen LogP contribution is -2.35. The minimum Gasteiger partial charge on any atom is -0.508 e. The highest BCUT2D eigenvalue weighted by molar-refractivity contribution is 8.00. The molecule has 0 atom stereocenters. The first kappa shape index (κ1) is 22.7. The zero-order valence-corrected chi connectivity index (χ0v) is 19.3. The molecule has 33 heavy (non-hydrogen) atoms. The number of phenolic OH excluding ortho intramolecular Hbond substituents is 1. The third-order valence-electron chi connectivity index (χ3n) is 5.55. The van der Waals surface area contributed by atoms with E-state index in [1.807, 2.05) is 72.5 Å². The van der Waals surface area contributed by atoms with Crippen LogP contribution in [0, 0.1) is 6.92 Å². The summed E-state index contributed by atoms with van der Waals surface area (Å²) in [4.78, 5) is 28.3. The van der Waals surface area contributed by atoms with Crippen molar-refractivity contribution in [2.24, 2.45) is 0 Å². The molecule has 0 aromatic heterocycles. The van der Waals surface area contributed by atoms with E-state index in [-0.39, 0.29) is 23.3 Å². The lowest BCUT2D eigenvalue weighted by atomic mass is 9.99. The number of benzene rings is 3. The number of carbonyl (C=O) groups is 2. The van der Waals surface area contributed by atoms with Crippen LogP contribution in [0.4, 0.5) is 5.69 Å². The van der Waals surface area contributed by atoms with E-state index in [2.05, 4.69) is 11.4 Å². The molecule has 2 amide bonds. The number of amides is 2. The van der Waals surface area contributed by atoms with Gasteiger partial charge < -0.3 is 15.3 Å². The molecule has 1 aliphatic rings. The van der Waals surface area contributed by atoms with Gasteiger partial charge in [0.15, 0.2) is 0 Å². The normalized spacial score (nSPS) is 13.4. The van der Waals surface area contributed by atoms with E-state index in [1.54, 1.807) is 12.1 Å². The molecule has 168 valence electrons. The summed E-state index contributed by atoms with van der Waals surface area (Å²) in [6.07, 6.45) is 2.82. The summed E-state index contributed by atoms with van der Waals surface area (Å²) >= 11 is 1.37. The molecule has 3 aromatic rings. The molecule has 0 unspecified atom stereocenters. The van der Waals surface area contributed by atoms with Gasteiger partial charge in [-0.05, 0) is 60.9 Å². The molecular weight excluding hydrogens is 432 g/mol. The summed E-state index contributed by atoms with van der Waals surface area (Å²) in [5.41, 5.74) is 4.76. The van der Waals surface area contributed by atoms with Gasteiger partial charge in [0.05, 0.1) is 11.3 Å². The summed E-state index contributed by atoms with van der Waals surface area (Å²) in [6.45, 7) is 3.15. The third-order valence-corrected chi connectivity index (χ3v) is 6.62. The fraction of sp³-hybridized carbons (Fsp3) is 0.185. The Bertz CT molecular complexity index is 1170. The maximum Gasteiger partial charge on any atom is 0.255 e. The molecule has 0 bridgehead atoms. The van der Waals surface area contributed by atoms with Gasteiger partial charge in [0.1, 0.15) is 5.75 Å². The lowest BCUT2D eigenvalue weighted by molar-refractivity contribution is -0.113. The molecule has 4 rings (SSSR count). The van der Waals surface area contributed by atoms with Crippen LogP contribution in [0.1, 0.15) is 27.9 Å². The molecule has 1 heterocycles. The Labute approximate surface area is 198 Å². The zero-order chi connectivity index (χ0) is 23.2. The molecule has 2 N–H and O–H groups in total. The Morgan fingerprint density at radius 2 is 1.73 bits per heavy atom. The SMILES string of the molecule is Cc1ccc(NC(=O)CSc2ccccc2C(=O)N2CC=C(c3ccc(O)cc3)CC2)cc1. The lowest BCUT2D eigenvalue weighted by Gasteiger charge is -2.27. The number of phenols is 1. The molecular formula is C27H26N2O3S. The van der Waals surface area contributed by atoms with Crippen LogP contribution in [0.2, 0.25) is 0 Å². The van der Waals surface area contributed by atoms with Crippen molar-refractivity contribution in [3.63, 3.8) is 0 Å². The largest absolute Gasteiger partial charge is 0.508 e. The van der Waals surface area contributed by atoms with Crippen molar-refractivity contribution in [3.05, 3.63) is 95.6 Å². The van der Waals surface area contributed by atoms with Gasteiger partial charge in [-0.15, -0.1) is 11.8 Å². The molecule has 0 saturated carbocycles. The number of rotatable bonds is 6. The first-order chi connectivity index (χ1) is 16.0. The first-order valence-corrected chi connectivity index (χ1v) is 11.8. The van der Waals surface area contributed by atoms with E-state index in [1.165, 1.54) is 17.3 Å². The quantitative estimate of drug-likeness (QED) is 0.488.